The summed E-state index contributed by atoms with van der Waals surface area (Å²) in [4.78, 5) is 19.2. The quantitative estimate of drug-likeness (QED) is 0.284. The number of benzene rings is 2. The van der Waals surface area contributed by atoms with Crippen molar-refractivity contribution in [2.75, 3.05) is 18.6 Å². The number of carbonyl (C=O) groups is 1. The number of ether oxygens (including phenoxy) is 1. The Kier molecular flexibility index (Phi) is 6.14. The number of hydrogen-bond donors (Lipinski definition) is 0. The molecule has 6 rings (SSSR count). The number of amides is 1. The summed E-state index contributed by atoms with van der Waals surface area (Å²) in [5, 5.41) is 9.05. The summed E-state index contributed by atoms with van der Waals surface area (Å²) in [6.45, 7) is 0.810. The van der Waals surface area contributed by atoms with E-state index in [0.717, 1.165) is 16.7 Å². The van der Waals surface area contributed by atoms with Gasteiger partial charge >= 0.3 is 6.18 Å². The summed E-state index contributed by atoms with van der Waals surface area (Å²) >= 11 is 7.60. The third-order valence-electron chi connectivity index (χ3n) is 6.81. The fourth-order valence-electron chi connectivity index (χ4n) is 5.14. The number of aryl methyl sites for hydroxylation is 1. The lowest BCUT2D eigenvalue weighted by atomic mass is 9.94. The number of aromatic nitrogens is 4. The van der Waals surface area contributed by atoms with Crippen molar-refractivity contribution in [2.45, 2.75) is 42.1 Å². The molecule has 1 amide bonds. The van der Waals surface area contributed by atoms with Crippen LogP contribution in [0, 0.1) is 6.92 Å². The number of rotatable bonds is 4. The first kappa shape index (κ1) is 25.8. The van der Waals surface area contributed by atoms with E-state index in [2.05, 4.69) is 15.2 Å². The topological polar surface area (TPSA) is 86.3 Å². The van der Waals surface area contributed by atoms with Gasteiger partial charge < -0.3 is 18.6 Å². The van der Waals surface area contributed by atoms with Gasteiger partial charge in [0.1, 0.15) is 12.3 Å². The number of carbonyl (C=O) groups excluding carboxylic acids is 1. The minimum Gasteiger partial charge on any atom is -0.496 e. The number of alkyl halides is 3. The molecule has 1 unspecified atom stereocenters. The van der Waals surface area contributed by atoms with Crippen molar-refractivity contribution >= 4 is 35.0 Å². The van der Waals surface area contributed by atoms with Crippen LogP contribution in [-0.4, -0.2) is 45.5 Å². The Labute approximate surface area is 230 Å². The first-order valence-electron chi connectivity index (χ1n) is 12.0. The van der Waals surface area contributed by atoms with E-state index < -0.39 is 23.4 Å². The van der Waals surface area contributed by atoms with Crippen LogP contribution in [-0.2, 0) is 16.1 Å². The van der Waals surface area contributed by atoms with Crippen LogP contribution in [0.15, 0.2) is 51.9 Å². The Bertz CT molecular complexity index is 1600. The Balaban J connectivity index is 1.46. The molecule has 39 heavy (non-hydrogen) atoms. The molecule has 0 bridgehead atoms. The van der Waals surface area contributed by atoms with Gasteiger partial charge in [0.05, 0.1) is 34.5 Å². The highest BCUT2D eigenvalue weighted by Gasteiger charge is 2.55. The fraction of sp³-hybridized carbons (Fsp3) is 0.308. The second-order valence-corrected chi connectivity index (χ2v) is 11.0. The Morgan fingerprint density at radius 1 is 1.23 bits per heavy atom. The maximum Gasteiger partial charge on any atom is 0.406 e. The van der Waals surface area contributed by atoms with E-state index in [-0.39, 0.29) is 10.7 Å². The Morgan fingerprint density at radius 3 is 2.77 bits per heavy atom. The first-order chi connectivity index (χ1) is 18.6. The molecular formula is C26H21ClF3N5O3S. The van der Waals surface area contributed by atoms with Crippen molar-refractivity contribution in [1.82, 2.24) is 19.7 Å². The van der Waals surface area contributed by atoms with Crippen LogP contribution in [0.3, 0.4) is 0 Å². The molecule has 8 nitrogen and oxygen atoms in total. The van der Waals surface area contributed by atoms with Crippen LogP contribution in [0.25, 0.3) is 22.7 Å². The second kappa shape index (κ2) is 9.30. The second-order valence-electron chi connectivity index (χ2n) is 9.28. The van der Waals surface area contributed by atoms with Gasteiger partial charge in [-0.1, -0.05) is 35.5 Å². The van der Waals surface area contributed by atoms with E-state index >= 15 is 0 Å². The molecule has 2 aromatic carbocycles. The maximum atomic E-state index is 13.9. The summed E-state index contributed by atoms with van der Waals surface area (Å²) in [5.41, 5.74) is 1.51. The Morgan fingerprint density at radius 2 is 2.05 bits per heavy atom. The van der Waals surface area contributed by atoms with Crippen molar-refractivity contribution in [1.29, 1.82) is 0 Å². The van der Waals surface area contributed by atoms with E-state index in [1.165, 1.54) is 19.2 Å². The average Bonchev–Trinajstić information content (AvgIpc) is 3.53. The molecule has 0 saturated carbocycles. The van der Waals surface area contributed by atoms with Crippen LogP contribution < -0.4 is 9.64 Å². The number of oxazole rings is 1. The molecule has 13 heteroatoms. The molecule has 0 saturated heterocycles. The number of anilines is 1. The molecule has 0 fully saturated rings. The van der Waals surface area contributed by atoms with Gasteiger partial charge in [0.25, 0.3) is 5.91 Å². The van der Waals surface area contributed by atoms with E-state index in [0.29, 0.717) is 64.5 Å². The molecule has 202 valence electrons. The zero-order valence-electron chi connectivity index (χ0n) is 20.8. The lowest BCUT2D eigenvalue weighted by Gasteiger charge is -2.43. The van der Waals surface area contributed by atoms with Gasteiger partial charge in [0.15, 0.2) is 28.0 Å². The summed E-state index contributed by atoms with van der Waals surface area (Å²) < 4.78 is 52.5. The van der Waals surface area contributed by atoms with Crippen molar-refractivity contribution in [3.8, 4) is 28.5 Å². The fourth-order valence-corrected chi connectivity index (χ4v) is 6.90. The molecule has 1 atom stereocenters. The van der Waals surface area contributed by atoms with E-state index in [1.807, 2.05) is 12.1 Å². The van der Waals surface area contributed by atoms with Crippen molar-refractivity contribution in [3.05, 3.63) is 59.3 Å². The molecule has 0 N–H and O–H groups in total. The summed E-state index contributed by atoms with van der Waals surface area (Å²) in [6.07, 6.45) is -2.17. The van der Waals surface area contributed by atoms with Gasteiger partial charge in [-0.25, -0.2) is 4.98 Å². The molecule has 0 aliphatic carbocycles. The number of fused-ring (bicyclic) bond motifs is 3. The number of halogens is 4. The molecule has 2 aliphatic heterocycles. The van der Waals surface area contributed by atoms with Crippen molar-refractivity contribution < 1.29 is 27.1 Å². The zero-order chi connectivity index (χ0) is 27.5. The largest absolute Gasteiger partial charge is 0.496 e. The standard InChI is InChI=1S/C26H21ClF3N5O3S/c1-14-31-12-20(38-14)16-8-7-15(11-19(16)37-2)22-32-33-23-25(9-4-10-34(22)23)24(36)35(13-26(28,29)30)18-6-3-5-17(27)21(18)39-25/h3,5-8,11-12H,4,9-10,13H2,1-2H3. The summed E-state index contributed by atoms with van der Waals surface area (Å²) in [6, 6.07) is 10.0. The summed E-state index contributed by atoms with van der Waals surface area (Å²) in [7, 11) is 1.54. The number of methoxy groups -OCH3 is 1. The summed E-state index contributed by atoms with van der Waals surface area (Å²) in [5.74, 6) is 1.67. The van der Waals surface area contributed by atoms with Gasteiger partial charge in [-0.3, -0.25) is 4.79 Å². The van der Waals surface area contributed by atoms with E-state index in [1.54, 1.807) is 29.8 Å². The number of nitrogens with zero attached hydrogens (tertiary/aromatic N) is 5. The first-order valence-corrected chi connectivity index (χ1v) is 13.2. The highest BCUT2D eigenvalue weighted by atomic mass is 35.5. The predicted molar refractivity (Wildman–Crippen MR) is 139 cm³/mol. The molecular weight excluding hydrogens is 555 g/mol. The third-order valence-corrected chi connectivity index (χ3v) is 8.78. The monoisotopic (exact) mass is 575 g/mol. The number of thioether (sulfide) groups is 1. The average molecular weight is 576 g/mol. The normalized spacial score (nSPS) is 18.8. The van der Waals surface area contributed by atoms with Crippen LogP contribution in [0.4, 0.5) is 18.9 Å². The SMILES string of the molecule is COc1cc(-c2nnc3n2CCCC32Sc3c(Cl)cccc3N(CC(F)(F)F)C2=O)ccc1-c1cnc(C)o1. The minimum absolute atomic E-state index is 0.139. The molecule has 4 heterocycles. The van der Waals surface area contributed by atoms with Crippen LogP contribution in [0.2, 0.25) is 5.02 Å². The van der Waals surface area contributed by atoms with E-state index in [9.17, 15) is 18.0 Å². The maximum absolute atomic E-state index is 13.9. The molecule has 0 radical (unpaired) electrons. The van der Waals surface area contributed by atoms with Crippen molar-refractivity contribution in [2.24, 2.45) is 0 Å². The number of hydrogen-bond acceptors (Lipinski definition) is 7. The van der Waals surface area contributed by atoms with Crippen LogP contribution in [0.5, 0.6) is 5.75 Å². The minimum atomic E-state index is -4.60. The van der Waals surface area contributed by atoms with E-state index in [4.69, 9.17) is 20.8 Å². The van der Waals surface area contributed by atoms with Crippen molar-refractivity contribution in [3.63, 3.8) is 0 Å². The Hall–Kier alpha value is -3.51. The van der Waals surface area contributed by atoms with Gasteiger partial charge in [-0.15, -0.1) is 10.2 Å². The highest BCUT2D eigenvalue weighted by Crippen LogP contribution is 2.56. The smallest absolute Gasteiger partial charge is 0.406 e. The third kappa shape index (κ3) is 4.26. The van der Waals surface area contributed by atoms with Crippen LogP contribution >= 0.6 is 23.4 Å². The van der Waals surface area contributed by atoms with Gasteiger partial charge in [0, 0.05) is 19.0 Å². The highest BCUT2D eigenvalue weighted by molar-refractivity contribution is 8.01. The molecule has 4 aromatic rings. The molecule has 2 aromatic heterocycles. The van der Waals surface area contributed by atoms with Gasteiger partial charge in [0.2, 0.25) is 0 Å². The molecule has 2 aliphatic rings. The zero-order valence-corrected chi connectivity index (χ0v) is 22.3. The molecule has 1 spiro atoms. The van der Waals surface area contributed by atoms with Crippen LogP contribution in [0.1, 0.15) is 24.6 Å². The lowest BCUT2D eigenvalue weighted by molar-refractivity contribution is -0.134. The van der Waals surface area contributed by atoms with Gasteiger partial charge in [-0.05, 0) is 37.1 Å². The predicted octanol–water partition coefficient (Wildman–Crippen LogP) is 6.26. The van der Waals surface area contributed by atoms with Gasteiger partial charge in [-0.2, -0.15) is 13.2 Å². The lowest BCUT2D eigenvalue weighted by Crippen LogP contribution is -2.53.